The highest BCUT2D eigenvalue weighted by atomic mass is 16.3. The molecular formula is C5H13NO2. The van der Waals surface area contributed by atoms with Crippen LogP contribution in [0.25, 0.3) is 0 Å². The predicted octanol–water partition coefficient (Wildman–Crippen LogP) is -0.923. The fourth-order valence-electron chi connectivity index (χ4n) is 0.424. The van der Waals surface area contributed by atoms with E-state index >= 15 is 0 Å². The maximum absolute atomic E-state index is 8.84. The van der Waals surface area contributed by atoms with E-state index in [0.29, 0.717) is 6.42 Å². The van der Waals surface area contributed by atoms with Gasteiger partial charge in [-0.25, -0.2) is 0 Å². The Bertz CT molecular complexity index is 50.4. The molecule has 0 aliphatic heterocycles. The van der Waals surface area contributed by atoms with Crippen LogP contribution in [0, 0.1) is 0 Å². The van der Waals surface area contributed by atoms with Crippen molar-refractivity contribution in [2.75, 3.05) is 6.61 Å². The van der Waals surface area contributed by atoms with Gasteiger partial charge >= 0.3 is 0 Å². The number of aliphatic hydroxyl groups excluding tert-OH is 2. The summed E-state index contributed by atoms with van der Waals surface area (Å²) in [5.41, 5.74) is 5.23. The minimum absolute atomic E-state index is 0.144. The molecule has 50 valence electrons. The van der Waals surface area contributed by atoms with Crippen LogP contribution in [0.4, 0.5) is 0 Å². The van der Waals surface area contributed by atoms with E-state index in [1.54, 1.807) is 0 Å². The molecule has 0 aliphatic carbocycles. The van der Waals surface area contributed by atoms with Crippen molar-refractivity contribution in [3.05, 3.63) is 0 Å². The van der Waals surface area contributed by atoms with E-state index in [-0.39, 0.29) is 6.61 Å². The molecule has 0 bridgehead atoms. The van der Waals surface area contributed by atoms with Crippen LogP contribution in [0.3, 0.4) is 0 Å². The van der Waals surface area contributed by atoms with Crippen LogP contribution in [0.2, 0.25) is 0 Å². The van der Waals surface area contributed by atoms with Gasteiger partial charge in [0.05, 0.1) is 18.8 Å². The average molecular weight is 119 g/mol. The Hall–Kier alpha value is -0.120. The first-order chi connectivity index (χ1) is 3.72. The van der Waals surface area contributed by atoms with Crippen molar-refractivity contribution in [2.45, 2.75) is 25.5 Å². The number of hydrogen-bond acceptors (Lipinski definition) is 3. The van der Waals surface area contributed by atoms with Crippen molar-refractivity contribution in [1.29, 1.82) is 0 Å². The Morgan fingerprint density at radius 2 is 2.12 bits per heavy atom. The molecule has 0 aromatic carbocycles. The highest BCUT2D eigenvalue weighted by molar-refractivity contribution is 4.67. The summed E-state index contributed by atoms with van der Waals surface area (Å²) < 4.78 is 0. The van der Waals surface area contributed by atoms with E-state index in [4.69, 9.17) is 15.9 Å². The first kappa shape index (κ1) is 7.88. The first-order valence-corrected chi connectivity index (χ1v) is 2.76. The largest absolute Gasteiger partial charge is 0.395 e. The first-order valence-electron chi connectivity index (χ1n) is 2.76. The molecule has 0 saturated carbocycles. The standard InChI is InChI=1S/C5H13NO2/c1-2-5(8)4(6)3-7/h4-5,7-8H,2-3,6H2,1H3/t4?,5-/m1/s1. The molecule has 1 unspecified atom stereocenters. The Labute approximate surface area is 49.1 Å². The average Bonchev–Trinajstić information content (AvgIpc) is 1.84. The molecule has 0 aromatic heterocycles. The van der Waals surface area contributed by atoms with Gasteiger partial charge in [-0.15, -0.1) is 0 Å². The van der Waals surface area contributed by atoms with E-state index in [0.717, 1.165) is 0 Å². The topological polar surface area (TPSA) is 66.5 Å². The third-order valence-corrected chi connectivity index (χ3v) is 1.12. The second-order valence-electron chi connectivity index (χ2n) is 1.82. The van der Waals surface area contributed by atoms with Crippen molar-refractivity contribution in [3.63, 3.8) is 0 Å². The highest BCUT2D eigenvalue weighted by Gasteiger charge is 2.09. The molecule has 0 aromatic rings. The van der Waals surface area contributed by atoms with Crippen molar-refractivity contribution in [3.8, 4) is 0 Å². The van der Waals surface area contributed by atoms with Gasteiger partial charge in [0.25, 0.3) is 0 Å². The Morgan fingerprint density at radius 1 is 1.62 bits per heavy atom. The van der Waals surface area contributed by atoms with Crippen LogP contribution < -0.4 is 5.73 Å². The van der Waals surface area contributed by atoms with Crippen molar-refractivity contribution >= 4 is 0 Å². The van der Waals surface area contributed by atoms with Gasteiger partial charge in [-0.1, -0.05) is 6.92 Å². The molecule has 0 rings (SSSR count). The molecular weight excluding hydrogens is 106 g/mol. The lowest BCUT2D eigenvalue weighted by Gasteiger charge is -2.12. The van der Waals surface area contributed by atoms with Gasteiger partial charge in [0.2, 0.25) is 0 Å². The lowest BCUT2D eigenvalue weighted by atomic mass is 10.1. The summed E-state index contributed by atoms with van der Waals surface area (Å²) in [6, 6.07) is -0.472. The van der Waals surface area contributed by atoms with Crippen molar-refractivity contribution < 1.29 is 10.2 Å². The van der Waals surface area contributed by atoms with Crippen molar-refractivity contribution in [1.82, 2.24) is 0 Å². The van der Waals surface area contributed by atoms with Crippen LogP contribution in [0.5, 0.6) is 0 Å². The summed E-state index contributed by atoms with van der Waals surface area (Å²) in [5, 5.41) is 17.2. The van der Waals surface area contributed by atoms with E-state index < -0.39 is 12.1 Å². The van der Waals surface area contributed by atoms with Gasteiger partial charge in [-0.05, 0) is 6.42 Å². The molecule has 0 spiro atoms. The van der Waals surface area contributed by atoms with Gasteiger partial charge < -0.3 is 15.9 Å². The molecule has 3 heteroatoms. The van der Waals surface area contributed by atoms with Crippen LogP contribution in [-0.4, -0.2) is 29.0 Å². The summed E-state index contributed by atoms with van der Waals surface area (Å²) in [4.78, 5) is 0. The molecule has 2 atom stereocenters. The van der Waals surface area contributed by atoms with E-state index in [9.17, 15) is 0 Å². The second kappa shape index (κ2) is 3.83. The summed E-state index contributed by atoms with van der Waals surface area (Å²) in [7, 11) is 0. The maximum Gasteiger partial charge on any atom is 0.0710 e. The molecule has 0 radical (unpaired) electrons. The number of hydrogen-bond donors (Lipinski definition) is 3. The minimum Gasteiger partial charge on any atom is -0.395 e. The molecule has 0 amide bonds. The normalized spacial score (nSPS) is 18.0. The fraction of sp³-hybridized carbons (Fsp3) is 1.00. The van der Waals surface area contributed by atoms with Crippen molar-refractivity contribution in [2.24, 2.45) is 5.73 Å². The van der Waals surface area contributed by atoms with Crippen LogP contribution in [0.1, 0.15) is 13.3 Å². The number of rotatable bonds is 3. The maximum atomic E-state index is 8.84. The van der Waals surface area contributed by atoms with Crippen LogP contribution in [-0.2, 0) is 0 Å². The minimum atomic E-state index is -0.556. The zero-order chi connectivity index (χ0) is 6.57. The monoisotopic (exact) mass is 119 g/mol. The van der Waals surface area contributed by atoms with Gasteiger partial charge in [0.15, 0.2) is 0 Å². The van der Waals surface area contributed by atoms with E-state index in [1.165, 1.54) is 0 Å². The van der Waals surface area contributed by atoms with Gasteiger partial charge in [-0.2, -0.15) is 0 Å². The molecule has 3 nitrogen and oxygen atoms in total. The molecule has 0 aliphatic rings. The zero-order valence-electron chi connectivity index (χ0n) is 5.04. The van der Waals surface area contributed by atoms with Crippen LogP contribution in [0.15, 0.2) is 0 Å². The fourth-order valence-corrected chi connectivity index (χ4v) is 0.424. The lowest BCUT2D eigenvalue weighted by Crippen LogP contribution is -2.37. The molecule has 8 heavy (non-hydrogen) atoms. The van der Waals surface area contributed by atoms with Gasteiger partial charge in [0, 0.05) is 0 Å². The zero-order valence-corrected chi connectivity index (χ0v) is 5.04. The van der Waals surface area contributed by atoms with Crippen LogP contribution >= 0.6 is 0 Å². The number of nitrogens with two attached hydrogens (primary N) is 1. The Balaban J connectivity index is 3.29. The molecule has 0 saturated heterocycles. The Kier molecular flexibility index (Phi) is 3.77. The SMILES string of the molecule is CC[C@@H](O)C(N)CO. The predicted molar refractivity (Wildman–Crippen MR) is 31.4 cm³/mol. The third-order valence-electron chi connectivity index (χ3n) is 1.12. The summed E-state index contributed by atoms with van der Waals surface area (Å²) >= 11 is 0. The molecule has 4 N–H and O–H groups in total. The lowest BCUT2D eigenvalue weighted by molar-refractivity contribution is 0.106. The summed E-state index contributed by atoms with van der Waals surface area (Å²) in [6.07, 6.45) is 0.0434. The molecule has 0 heterocycles. The Morgan fingerprint density at radius 3 is 2.25 bits per heavy atom. The quantitative estimate of drug-likeness (QED) is 0.450. The third kappa shape index (κ3) is 2.26. The van der Waals surface area contributed by atoms with Gasteiger partial charge in [-0.3, -0.25) is 0 Å². The van der Waals surface area contributed by atoms with E-state index in [1.807, 2.05) is 6.92 Å². The molecule has 0 fully saturated rings. The smallest absolute Gasteiger partial charge is 0.0710 e. The summed E-state index contributed by atoms with van der Waals surface area (Å²) in [6.45, 7) is 1.68. The number of aliphatic hydroxyl groups is 2. The second-order valence-corrected chi connectivity index (χ2v) is 1.82. The highest BCUT2D eigenvalue weighted by Crippen LogP contribution is 1.92. The van der Waals surface area contributed by atoms with Gasteiger partial charge in [0.1, 0.15) is 0 Å². The van der Waals surface area contributed by atoms with E-state index in [2.05, 4.69) is 0 Å². The summed E-state index contributed by atoms with van der Waals surface area (Å²) in [5.74, 6) is 0.